The number of nitrogens with one attached hydrogen (secondary N) is 1. The third-order valence-electron chi connectivity index (χ3n) is 8.97. The SMILES string of the molecule is CC(C)C(C)C(OC1OC(CO)C(OC2OC(C)C(NC3C=C(CO)C(OOOOOO)C(O)C3O)C(O)C2O)C(O)C1O)C(O)CO. The molecule has 0 bridgehead atoms. The van der Waals surface area contributed by atoms with Crippen molar-refractivity contribution < 1.29 is 100 Å². The summed E-state index contributed by atoms with van der Waals surface area (Å²) < 4.78 is 23.0. The Morgan fingerprint density at radius 1 is 0.833 bits per heavy atom. The predicted octanol–water partition coefficient (Wildman–Crippen LogP) is -5.13. The first kappa shape index (κ1) is 41.3. The lowest BCUT2D eigenvalue weighted by molar-refractivity contribution is -0.756. The van der Waals surface area contributed by atoms with Gasteiger partial charge in [-0.25, -0.2) is 5.26 Å². The summed E-state index contributed by atoms with van der Waals surface area (Å²) in [7, 11) is 0. The molecule has 48 heavy (non-hydrogen) atoms. The highest BCUT2D eigenvalue weighted by Crippen LogP contribution is 2.32. The van der Waals surface area contributed by atoms with Crippen LogP contribution in [0.2, 0.25) is 0 Å². The number of ether oxygens (including phenoxy) is 4. The van der Waals surface area contributed by atoms with Gasteiger partial charge in [-0.2, -0.15) is 4.89 Å². The highest BCUT2D eigenvalue weighted by Gasteiger charge is 2.52. The lowest BCUT2D eigenvalue weighted by Crippen LogP contribution is -2.68. The van der Waals surface area contributed by atoms with E-state index in [1.54, 1.807) is 6.92 Å². The summed E-state index contributed by atoms with van der Waals surface area (Å²) in [6.07, 6.45) is -20.0. The summed E-state index contributed by atoms with van der Waals surface area (Å²) in [5.41, 5.74) is -0.0162. The van der Waals surface area contributed by atoms with E-state index >= 15 is 0 Å². The van der Waals surface area contributed by atoms with E-state index in [1.807, 2.05) is 13.8 Å². The second kappa shape index (κ2) is 18.9. The Kier molecular flexibility index (Phi) is 16.3. The van der Waals surface area contributed by atoms with Crippen molar-refractivity contribution in [3.8, 4) is 0 Å². The molecule has 3 rings (SSSR count). The van der Waals surface area contributed by atoms with Crippen LogP contribution in [0.25, 0.3) is 0 Å². The van der Waals surface area contributed by atoms with Crippen molar-refractivity contribution in [1.29, 1.82) is 0 Å². The van der Waals surface area contributed by atoms with Gasteiger partial charge >= 0.3 is 0 Å². The van der Waals surface area contributed by atoms with E-state index in [1.165, 1.54) is 13.0 Å². The van der Waals surface area contributed by atoms with Crippen LogP contribution in [-0.2, 0) is 44.0 Å². The molecule has 0 amide bonds. The molecule has 2 fully saturated rings. The van der Waals surface area contributed by atoms with Gasteiger partial charge < -0.3 is 75.3 Å². The minimum Gasteiger partial charge on any atom is -0.394 e. The van der Waals surface area contributed by atoms with Gasteiger partial charge in [-0.1, -0.05) is 26.8 Å². The second-order valence-corrected chi connectivity index (χ2v) is 12.3. The van der Waals surface area contributed by atoms with Crippen molar-refractivity contribution in [2.24, 2.45) is 11.8 Å². The molecular weight excluding hydrogens is 658 g/mol. The Labute approximate surface area is 274 Å². The van der Waals surface area contributed by atoms with Crippen molar-refractivity contribution in [3.63, 3.8) is 0 Å². The van der Waals surface area contributed by atoms with E-state index in [4.69, 9.17) is 29.1 Å². The monoisotopic (exact) mass is 707 g/mol. The molecule has 0 aromatic carbocycles. The Bertz CT molecular complexity index is 978. The third-order valence-corrected chi connectivity index (χ3v) is 8.97. The summed E-state index contributed by atoms with van der Waals surface area (Å²) in [6, 6.07) is -2.28. The molecule has 2 aliphatic heterocycles. The molecule has 1 aliphatic carbocycles. The van der Waals surface area contributed by atoms with Crippen molar-refractivity contribution in [2.75, 3.05) is 19.8 Å². The zero-order valence-corrected chi connectivity index (χ0v) is 26.7. The van der Waals surface area contributed by atoms with Crippen LogP contribution in [0.5, 0.6) is 0 Å². The summed E-state index contributed by atoms with van der Waals surface area (Å²) in [4.78, 5) is 4.72. The van der Waals surface area contributed by atoms with Crippen LogP contribution >= 0.6 is 0 Å². The van der Waals surface area contributed by atoms with Crippen LogP contribution < -0.4 is 5.32 Å². The summed E-state index contributed by atoms with van der Waals surface area (Å²) >= 11 is 0. The van der Waals surface area contributed by atoms with Gasteiger partial charge in [-0.3, -0.25) is 0 Å². The predicted molar refractivity (Wildman–Crippen MR) is 151 cm³/mol. The molecule has 0 aromatic heterocycles. The van der Waals surface area contributed by atoms with Crippen molar-refractivity contribution in [1.82, 2.24) is 5.32 Å². The molecule has 2 heterocycles. The maximum absolute atomic E-state index is 11.0. The standard InChI is InChI=1S/C27H49NO20/c1-9(2)10(3)23(14(32)7-30)42-27-22(38)20(36)25(15(8-31)41-27)43-26-21(37)18(34)16(11(4)40-26)28-13-5-12(6-29)24(19(35)17(13)33)44-46-48-47-45-39/h5,9-11,13-39H,6-8H2,1-4H3. The summed E-state index contributed by atoms with van der Waals surface area (Å²) in [5.74, 6) is -0.343. The minimum absolute atomic E-state index is 0.0162. The maximum Gasteiger partial charge on any atom is 0.187 e. The molecule has 0 aromatic rings. The van der Waals surface area contributed by atoms with Crippen molar-refractivity contribution in [2.45, 2.75) is 126 Å². The van der Waals surface area contributed by atoms with Crippen molar-refractivity contribution in [3.05, 3.63) is 11.6 Å². The van der Waals surface area contributed by atoms with Crippen molar-refractivity contribution >= 4 is 0 Å². The van der Waals surface area contributed by atoms with Crippen LogP contribution in [0.3, 0.4) is 0 Å². The molecule has 0 radical (unpaired) electrons. The van der Waals surface area contributed by atoms with Gasteiger partial charge in [0.15, 0.2) is 12.6 Å². The van der Waals surface area contributed by atoms with Crippen LogP contribution in [0, 0.1) is 11.8 Å². The second-order valence-electron chi connectivity index (χ2n) is 12.3. The molecule has 282 valence electrons. The van der Waals surface area contributed by atoms with E-state index < -0.39 is 118 Å². The smallest absolute Gasteiger partial charge is 0.187 e. The topological polar surface area (TPSA) is 318 Å². The summed E-state index contributed by atoms with van der Waals surface area (Å²) in [5, 5.41) is 130. The highest BCUT2D eigenvalue weighted by molar-refractivity contribution is 5.22. The molecule has 21 heteroatoms. The maximum atomic E-state index is 11.0. The van der Waals surface area contributed by atoms with E-state index in [9.17, 15) is 51.1 Å². The third kappa shape index (κ3) is 9.61. The number of aliphatic hydroxyl groups is 10. The van der Waals surface area contributed by atoms with E-state index in [0.717, 1.165) is 0 Å². The van der Waals surface area contributed by atoms with E-state index in [2.05, 4.69) is 25.5 Å². The lowest BCUT2D eigenvalue weighted by Gasteiger charge is -2.48. The number of rotatable bonds is 17. The molecule has 2 saturated heterocycles. The largest absolute Gasteiger partial charge is 0.394 e. The molecule has 0 saturated carbocycles. The highest BCUT2D eigenvalue weighted by atomic mass is 17.8. The number of aliphatic hydroxyl groups excluding tert-OH is 10. The molecule has 12 N–H and O–H groups in total. The molecule has 17 atom stereocenters. The Morgan fingerprint density at radius 2 is 1.50 bits per heavy atom. The van der Waals surface area contributed by atoms with Gasteiger partial charge in [-0.05, 0) is 44.5 Å². The lowest BCUT2D eigenvalue weighted by atomic mass is 9.86. The Hall–Kier alpha value is -1.10. The van der Waals surface area contributed by atoms with Crippen LogP contribution in [-0.4, -0.2) is 174 Å². The zero-order valence-electron chi connectivity index (χ0n) is 26.7. The Morgan fingerprint density at radius 3 is 2.08 bits per heavy atom. The van der Waals surface area contributed by atoms with E-state index in [-0.39, 0.29) is 17.4 Å². The quantitative estimate of drug-likeness (QED) is 0.0291. The molecule has 17 unspecified atom stereocenters. The molecule has 0 spiro atoms. The molecule has 21 nitrogen and oxygen atoms in total. The molecule has 3 aliphatic rings. The van der Waals surface area contributed by atoms with Crippen LogP contribution in [0.4, 0.5) is 0 Å². The minimum atomic E-state index is -1.81. The van der Waals surface area contributed by atoms with Gasteiger partial charge in [0.1, 0.15) is 61.0 Å². The van der Waals surface area contributed by atoms with Gasteiger partial charge in [0, 0.05) is 0 Å². The first-order valence-corrected chi connectivity index (χ1v) is 15.4. The average molecular weight is 708 g/mol. The zero-order chi connectivity index (χ0) is 35.9. The normalized spacial score (nSPS) is 41.2. The number of hydrogen-bond donors (Lipinski definition) is 12. The van der Waals surface area contributed by atoms with Gasteiger partial charge in [0.2, 0.25) is 0 Å². The average Bonchev–Trinajstić information content (AvgIpc) is 3.07. The summed E-state index contributed by atoms with van der Waals surface area (Å²) in [6.45, 7) is 4.86. The van der Waals surface area contributed by atoms with Crippen LogP contribution in [0.15, 0.2) is 11.6 Å². The van der Waals surface area contributed by atoms with Gasteiger partial charge in [-0.15, -0.1) is 0 Å². The first-order chi connectivity index (χ1) is 22.7. The Balaban J connectivity index is 1.68. The first-order valence-electron chi connectivity index (χ1n) is 15.4. The fraction of sp³-hybridized carbons (Fsp3) is 0.926. The van der Waals surface area contributed by atoms with Crippen LogP contribution in [0.1, 0.15) is 27.7 Å². The number of hydrogen-bond acceptors (Lipinski definition) is 21. The van der Waals surface area contributed by atoms with E-state index in [0.29, 0.717) is 0 Å². The van der Waals surface area contributed by atoms with Gasteiger partial charge in [0.05, 0.1) is 44.1 Å². The fourth-order valence-corrected chi connectivity index (χ4v) is 5.81. The van der Waals surface area contributed by atoms with Gasteiger partial charge in [0.25, 0.3) is 0 Å². The molecular formula is C27H49NO20. The fourth-order valence-electron chi connectivity index (χ4n) is 5.81.